The van der Waals surface area contributed by atoms with Crippen LogP contribution in [0.2, 0.25) is 0 Å². The molecule has 3 atom stereocenters. The summed E-state index contributed by atoms with van der Waals surface area (Å²) in [6.07, 6.45) is 3.17. The number of hydrogen-bond donors (Lipinski definition) is 1. The first-order valence-electron chi connectivity index (χ1n) is 7.14. The summed E-state index contributed by atoms with van der Waals surface area (Å²) in [6, 6.07) is 0.0159. The Labute approximate surface area is 122 Å². The van der Waals surface area contributed by atoms with Crippen LogP contribution in [0.15, 0.2) is 6.33 Å². The fraction of sp³-hybridized carbons (Fsp3) is 0.692. The van der Waals surface area contributed by atoms with Gasteiger partial charge in [0.15, 0.2) is 0 Å². The molecule has 0 unspecified atom stereocenters. The minimum absolute atomic E-state index is 0.0159. The molecular formula is C13H19N5O3. The van der Waals surface area contributed by atoms with Crippen molar-refractivity contribution in [3.05, 3.63) is 12.2 Å². The van der Waals surface area contributed by atoms with Gasteiger partial charge in [-0.1, -0.05) is 0 Å². The number of nitrogens with one attached hydrogen (secondary N) is 1. The molecule has 3 heterocycles. The Morgan fingerprint density at radius 3 is 2.86 bits per heavy atom. The van der Waals surface area contributed by atoms with Crippen molar-refractivity contribution in [3.63, 3.8) is 0 Å². The Kier molecular flexibility index (Phi) is 3.62. The SMILES string of the molecule is CNC(=O)[C@@H]1CC[C@@H]2[C@@H](CCN2C(=O)c2ncn(C)n2)O1. The number of hydrogen-bond acceptors (Lipinski definition) is 5. The zero-order chi connectivity index (χ0) is 15.0. The van der Waals surface area contributed by atoms with Crippen molar-refractivity contribution < 1.29 is 14.3 Å². The third-order valence-electron chi connectivity index (χ3n) is 4.14. The molecule has 21 heavy (non-hydrogen) atoms. The number of carbonyl (C=O) groups excluding carboxylic acids is 2. The molecule has 1 aromatic heterocycles. The summed E-state index contributed by atoms with van der Waals surface area (Å²) in [5.74, 6) is -0.0405. The molecule has 1 N–H and O–H groups in total. The number of aryl methyl sites for hydroxylation is 1. The summed E-state index contributed by atoms with van der Waals surface area (Å²) in [7, 11) is 3.34. The minimum Gasteiger partial charge on any atom is -0.363 e. The van der Waals surface area contributed by atoms with E-state index in [4.69, 9.17) is 4.74 Å². The molecule has 2 aliphatic heterocycles. The summed E-state index contributed by atoms with van der Waals surface area (Å²) in [5.41, 5.74) is 0. The summed E-state index contributed by atoms with van der Waals surface area (Å²) >= 11 is 0. The number of ether oxygens (including phenoxy) is 1. The second-order valence-electron chi connectivity index (χ2n) is 5.45. The van der Waals surface area contributed by atoms with Crippen LogP contribution < -0.4 is 5.32 Å². The number of likely N-dealkylation sites (N-methyl/N-ethyl adjacent to an activating group) is 1. The molecule has 2 aliphatic rings. The predicted molar refractivity (Wildman–Crippen MR) is 72.4 cm³/mol. The van der Waals surface area contributed by atoms with Gasteiger partial charge in [-0.2, -0.15) is 0 Å². The van der Waals surface area contributed by atoms with E-state index in [0.717, 1.165) is 12.8 Å². The van der Waals surface area contributed by atoms with E-state index in [1.807, 2.05) is 0 Å². The van der Waals surface area contributed by atoms with E-state index in [1.165, 1.54) is 11.0 Å². The van der Waals surface area contributed by atoms with Crippen LogP contribution in [0.1, 0.15) is 29.9 Å². The molecule has 114 valence electrons. The largest absolute Gasteiger partial charge is 0.363 e. The molecule has 0 radical (unpaired) electrons. The Balaban J connectivity index is 1.69. The lowest BCUT2D eigenvalue weighted by atomic mass is 9.98. The lowest BCUT2D eigenvalue weighted by Gasteiger charge is -2.34. The van der Waals surface area contributed by atoms with Crippen molar-refractivity contribution >= 4 is 11.8 Å². The number of carbonyl (C=O) groups is 2. The van der Waals surface area contributed by atoms with E-state index >= 15 is 0 Å². The second-order valence-corrected chi connectivity index (χ2v) is 5.45. The van der Waals surface area contributed by atoms with Crippen molar-refractivity contribution in [2.45, 2.75) is 37.5 Å². The molecule has 3 rings (SSSR count). The van der Waals surface area contributed by atoms with E-state index in [9.17, 15) is 9.59 Å². The van der Waals surface area contributed by atoms with Gasteiger partial charge >= 0.3 is 0 Å². The smallest absolute Gasteiger partial charge is 0.293 e. The molecule has 0 saturated carbocycles. The maximum Gasteiger partial charge on any atom is 0.293 e. The average molecular weight is 293 g/mol. The molecule has 0 aromatic carbocycles. The van der Waals surface area contributed by atoms with E-state index in [2.05, 4.69) is 15.4 Å². The molecule has 2 amide bonds. The first-order chi connectivity index (χ1) is 10.1. The highest BCUT2D eigenvalue weighted by Gasteiger charge is 2.44. The minimum atomic E-state index is -0.403. The summed E-state index contributed by atoms with van der Waals surface area (Å²) < 4.78 is 7.35. The molecule has 1 aromatic rings. The Hall–Kier alpha value is -1.96. The van der Waals surface area contributed by atoms with Gasteiger partial charge in [0.2, 0.25) is 11.7 Å². The summed E-state index contributed by atoms with van der Waals surface area (Å²) in [4.78, 5) is 29.9. The molecule has 2 fully saturated rings. The highest BCUT2D eigenvalue weighted by molar-refractivity contribution is 5.91. The van der Waals surface area contributed by atoms with Gasteiger partial charge in [0, 0.05) is 20.6 Å². The van der Waals surface area contributed by atoms with E-state index in [0.29, 0.717) is 13.0 Å². The van der Waals surface area contributed by atoms with Gasteiger partial charge in [0.1, 0.15) is 12.4 Å². The van der Waals surface area contributed by atoms with Crippen molar-refractivity contribution in [3.8, 4) is 0 Å². The van der Waals surface area contributed by atoms with Crippen LogP contribution in [-0.4, -0.2) is 63.3 Å². The summed E-state index contributed by atoms with van der Waals surface area (Å²) in [5, 5.41) is 6.67. The van der Waals surface area contributed by atoms with Crippen LogP contribution in [0.25, 0.3) is 0 Å². The number of amides is 2. The van der Waals surface area contributed by atoms with Crippen molar-refractivity contribution in [1.82, 2.24) is 25.0 Å². The highest BCUT2D eigenvalue weighted by Crippen LogP contribution is 2.32. The molecule has 8 heteroatoms. The number of nitrogens with zero attached hydrogens (tertiary/aromatic N) is 4. The monoisotopic (exact) mass is 293 g/mol. The maximum atomic E-state index is 12.4. The molecule has 2 saturated heterocycles. The molecule has 0 spiro atoms. The molecule has 0 bridgehead atoms. The third kappa shape index (κ3) is 2.51. The van der Waals surface area contributed by atoms with Gasteiger partial charge in [-0.15, -0.1) is 5.10 Å². The Bertz CT molecular complexity index is 558. The van der Waals surface area contributed by atoms with Gasteiger partial charge in [-0.3, -0.25) is 14.3 Å². The zero-order valence-electron chi connectivity index (χ0n) is 12.2. The van der Waals surface area contributed by atoms with E-state index < -0.39 is 6.10 Å². The second kappa shape index (κ2) is 5.44. The molecule has 8 nitrogen and oxygen atoms in total. The van der Waals surface area contributed by atoms with Crippen LogP contribution in [0.5, 0.6) is 0 Å². The van der Waals surface area contributed by atoms with Crippen molar-refractivity contribution in [2.24, 2.45) is 7.05 Å². The standard InChI is InChI=1S/C13H19N5O3/c1-14-12(19)10-4-3-8-9(21-10)5-6-18(8)13(20)11-15-7-17(2)16-11/h7-10H,3-6H2,1-2H3,(H,14,19)/t8-,9-,10+/m1/s1. The number of aromatic nitrogens is 3. The Morgan fingerprint density at radius 2 is 2.19 bits per heavy atom. The van der Waals surface area contributed by atoms with Crippen LogP contribution in [0.3, 0.4) is 0 Å². The van der Waals surface area contributed by atoms with Gasteiger partial charge in [-0.05, 0) is 19.3 Å². The third-order valence-corrected chi connectivity index (χ3v) is 4.14. The topological polar surface area (TPSA) is 89.4 Å². The van der Waals surface area contributed by atoms with Gasteiger partial charge < -0.3 is 15.0 Å². The van der Waals surface area contributed by atoms with E-state index in [-0.39, 0.29) is 29.8 Å². The maximum absolute atomic E-state index is 12.4. The van der Waals surface area contributed by atoms with Crippen LogP contribution in [-0.2, 0) is 16.6 Å². The van der Waals surface area contributed by atoms with Crippen LogP contribution in [0, 0.1) is 0 Å². The zero-order valence-corrected chi connectivity index (χ0v) is 12.2. The highest BCUT2D eigenvalue weighted by atomic mass is 16.5. The Morgan fingerprint density at radius 1 is 1.38 bits per heavy atom. The number of rotatable bonds is 2. The summed E-state index contributed by atoms with van der Waals surface area (Å²) in [6.45, 7) is 0.618. The lowest BCUT2D eigenvalue weighted by Crippen LogP contribution is -2.48. The van der Waals surface area contributed by atoms with Crippen molar-refractivity contribution in [1.29, 1.82) is 0 Å². The van der Waals surface area contributed by atoms with Gasteiger partial charge in [0.05, 0.1) is 12.1 Å². The van der Waals surface area contributed by atoms with Gasteiger partial charge in [0.25, 0.3) is 5.91 Å². The first kappa shape index (κ1) is 14.0. The van der Waals surface area contributed by atoms with Gasteiger partial charge in [-0.25, -0.2) is 4.98 Å². The number of fused-ring (bicyclic) bond motifs is 1. The average Bonchev–Trinajstić information content (AvgIpc) is 3.11. The normalized spacial score (nSPS) is 28.3. The lowest BCUT2D eigenvalue weighted by molar-refractivity contribution is -0.142. The fourth-order valence-electron chi connectivity index (χ4n) is 3.10. The molecule has 0 aliphatic carbocycles. The number of likely N-dealkylation sites (tertiary alicyclic amines) is 1. The van der Waals surface area contributed by atoms with Crippen molar-refractivity contribution in [2.75, 3.05) is 13.6 Å². The van der Waals surface area contributed by atoms with Crippen LogP contribution in [0.4, 0.5) is 0 Å². The predicted octanol–water partition coefficient (Wildman–Crippen LogP) is -0.677. The van der Waals surface area contributed by atoms with E-state index in [1.54, 1.807) is 19.0 Å². The van der Waals surface area contributed by atoms with Crippen LogP contribution >= 0.6 is 0 Å². The fourth-order valence-corrected chi connectivity index (χ4v) is 3.10. The quantitative estimate of drug-likeness (QED) is 0.780. The molecular weight excluding hydrogens is 274 g/mol. The first-order valence-corrected chi connectivity index (χ1v) is 7.14.